The van der Waals surface area contributed by atoms with Gasteiger partial charge < -0.3 is 5.73 Å². The van der Waals surface area contributed by atoms with Gasteiger partial charge in [-0.25, -0.2) is 0 Å². The van der Waals surface area contributed by atoms with Gasteiger partial charge in [-0.1, -0.05) is 30.3 Å². The van der Waals surface area contributed by atoms with E-state index in [1.807, 2.05) is 12.1 Å². The van der Waals surface area contributed by atoms with Crippen LogP contribution in [0.1, 0.15) is 22.4 Å². The van der Waals surface area contributed by atoms with Gasteiger partial charge in [-0.2, -0.15) is 0 Å². The van der Waals surface area contributed by atoms with Crippen LogP contribution in [0.25, 0.3) is 0 Å². The average molecular weight is 266 g/mol. The second kappa shape index (κ2) is 5.43. The van der Waals surface area contributed by atoms with Gasteiger partial charge in [0.15, 0.2) is 0 Å². The minimum atomic E-state index is 0.0398. The maximum Gasteiger partial charge on any atom is 0.142 e. The number of fused-ring (bicyclic) bond motifs is 1. The largest absolute Gasteiger partial charge is 0.382 e. The van der Waals surface area contributed by atoms with E-state index in [9.17, 15) is 0 Å². The van der Waals surface area contributed by atoms with Gasteiger partial charge in [0.05, 0.1) is 0 Å². The summed E-state index contributed by atoms with van der Waals surface area (Å²) in [6, 6.07) is 12.5. The molecule has 20 heavy (non-hydrogen) atoms. The predicted octanol–water partition coefficient (Wildman–Crippen LogP) is 1.92. The molecule has 4 nitrogen and oxygen atoms in total. The highest BCUT2D eigenvalue weighted by atomic mass is 15.1. The Kier molecular flexibility index (Phi) is 3.48. The molecule has 0 spiro atoms. The standard InChI is InChI=1S/C16H18N4/c17-16(18)15-14(6-3-8-19-15)11-20-9-7-12-4-1-2-5-13(12)10-20/h1-6,8H,7,9-11H2,(H3,17,18). The fourth-order valence-electron chi connectivity index (χ4n) is 2.74. The maximum absolute atomic E-state index is 7.61. The lowest BCUT2D eigenvalue weighted by molar-refractivity contribution is 0.245. The van der Waals surface area contributed by atoms with Crippen molar-refractivity contribution in [3.05, 3.63) is 65.0 Å². The number of rotatable bonds is 3. The molecule has 0 radical (unpaired) electrons. The van der Waals surface area contributed by atoms with Gasteiger partial charge in [-0.3, -0.25) is 15.3 Å². The van der Waals surface area contributed by atoms with Crippen LogP contribution in [0.5, 0.6) is 0 Å². The number of pyridine rings is 1. The van der Waals surface area contributed by atoms with Crippen LogP contribution in [-0.4, -0.2) is 22.3 Å². The predicted molar refractivity (Wildman–Crippen MR) is 79.5 cm³/mol. The maximum atomic E-state index is 7.61. The molecule has 0 fully saturated rings. The van der Waals surface area contributed by atoms with Crippen molar-refractivity contribution >= 4 is 5.84 Å². The van der Waals surface area contributed by atoms with E-state index in [-0.39, 0.29) is 5.84 Å². The van der Waals surface area contributed by atoms with Crippen molar-refractivity contribution in [3.8, 4) is 0 Å². The molecular weight excluding hydrogens is 248 g/mol. The lowest BCUT2D eigenvalue weighted by Crippen LogP contribution is -2.31. The van der Waals surface area contributed by atoms with E-state index >= 15 is 0 Å². The molecule has 2 heterocycles. The number of nitrogens with one attached hydrogen (secondary N) is 1. The number of hydrogen-bond acceptors (Lipinski definition) is 3. The van der Waals surface area contributed by atoms with Crippen molar-refractivity contribution in [1.82, 2.24) is 9.88 Å². The first-order chi connectivity index (χ1) is 9.74. The van der Waals surface area contributed by atoms with E-state index in [2.05, 4.69) is 34.1 Å². The van der Waals surface area contributed by atoms with Crippen LogP contribution in [0, 0.1) is 5.41 Å². The van der Waals surface area contributed by atoms with Gasteiger partial charge in [0, 0.05) is 25.8 Å². The highest BCUT2D eigenvalue weighted by molar-refractivity contribution is 5.94. The van der Waals surface area contributed by atoms with Gasteiger partial charge in [0.2, 0.25) is 0 Å². The normalized spacial score (nSPS) is 14.8. The molecule has 1 aromatic carbocycles. The van der Waals surface area contributed by atoms with Crippen LogP contribution in [0.3, 0.4) is 0 Å². The molecule has 1 aliphatic heterocycles. The third kappa shape index (κ3) is 2.56. The number of nitrogens with two attached hydrogens (primary N) is 1. The molecule has 4 heteroatoms. The average Bonchev–Trinajstić information content (AvgIpc) is 2.47. The van der Waals surface area contributed by atoms with Crippen LogP contribution in [0.15, 0.2) is 42.6 Å². The molecule has 0 saturated carbocycles. The summed E-state index contributed by atoms with van der Waals surface area (Å²) in [7, 11) is 0. The molecule has 0 saturated heterocycles. The van der Waals surface area contributed by atoms with Gasteiger partial charge in [0.25, 0.3) is 0 Å². The topological polar surface area (TPSA) is 66.0 Å². The van der Waals surface area contributed by atoms with Crippen LogP contribution < -0.4 is 5.73 Å². The van der Waals surface area contributed by atoms with E-state index in [0.29, 0.717) is 5.69 Å². The first-order valence-corrected chi connectivity index (χ1v) is 6.81. The second-order valence-corrected chi connectivity index (χ2v) is 5.15. The summed E-state index contributed by atoms with van der Waals surface area (Å²) in [6.07, 6.45) is 2.76. The molecule has 102 valence electrons. The smallest absolute Gasteiger partial charge is 0.142 e. The van der Waals surface area contributed by atoms with Gasteiger partial charge in [0.1, 0.15) is 11.5 Å². The highest BCUT2D eigenvalue weighted by Gasteiger charge is 2.17. The molecule has 3 rings (SSSR count). The highest BCUT2D eigenvalue weighted by Crippen LogP contribution is 2.20. The van der Waals surface area contributed by atoms with Crippen molar-refractivity contribution in [2.75, 3.05) is 6.54 Å². The van der Waals surface area contributed by atoms with E-state index in [1.54, 1.807) is 6.20 Å². The Morgan fingerprint density at radius 1 is 1.20 bits per heavy atom. The minimum absolute atomic E-state index is 0.0398. The zero-order chi connectivity index (χ0) is 13.9. The van der Waals surface area contributed by atoms with Crippen LogP contribution >= 0.6 is 0 Å². The molecule has 1 aliphatic rings. The van der Waals surface area contributed by atoms with E-state index in [1.165, 1.54) is 11.1 Å². The van der Waals surface area contributed by atoms with Crippen LogP contribution in [0.2, 0.25) is 0 Å². The Hall–Kier alpha value is -2.20. The summed E-state index contributed by atoms with van der Waals surface area (Å²) in [4.78, 5) is 6.59. The molecule has 2 aromatic rings. The molecular formula is C16H18N4. The number of amidine groups is 1. The van der Waals surface area contributed by atoms with Gasteiger partial charge in [-0.15, -0.1) is 0 Å². The SMILES string of the molecule is N=C(N)c1ncccc1CN1CCc2ccccc2C1. The Morgan fingerprint density at radius 3 is 2.80 bits per heavy atom. The third-order valence-electron chi connectivity index (χ3n) is 3.75. The second-order valence-electron chi connectivity index (χ2n) is 5.15. The Bertz CT molecular complexity index is 636. The summed E-state index contributed by atoms with van der Waals surface area (Å²) in [5.41, 5.74) is 10.1. The van der Waals surface area contributed by atoms with Gasteiger partial charge >= 0.3 is 0 Å². The first-order valence-electron chi connectivity index (χ1n) is 6.81. The summed E-state index contributed by atoms with van der Waals surface area (Å²) >= 11 is 0. The van der Waals surface area contributed by atoms with E-state index < -0.39 is 0 Å². The summed E-state index contributed by atoms with van der Waals surface area (Å²) in [5, 5.41) is 7.61. The quantitative estimate of drug-likeness (QED) is 0.659. The number of nitrogens with zero attached hydrogens (tertiary/aromatic N) is 2. The van der Waals surface area contributed by atoms with Gasteiger partial charge in [-0.05, 0) is 29.2 Å². The molecule has 0 unspecified atom stereocenters. The summed E-state index contributed by atoms with van der Waals surface area (Å²) < 4.78 is 0. The number of nitrogen functional groups attached to an aromatic ring is 1. The fraction of sp³-hybridized carbons (Fsp3) is 0.250. The van der Waals surface area contributed by atoms with Crippen LogP contribution in [-0.2, 0) is 19.5 Å². The van der Waals surface area contributed by atoms with Crippen molar-refractivity contribution in [3.63, 3.8) is 0 Å². The number of aromatic nitrogens is 1. The minimum Gasteiger partial charge on any atom is -0.382 e. The lowest BCUT2D eigenvalue weighted by atomic mass is 9.99. The lowest BCUT2D eigenvalue weighted by Gasteiger charge is -2.29. The Labute approximate surface area is 118 Å². The Balaban J connectivity index is 1.79. The van der Waals surface area contributed by atoms with Crippen LogP contribution in [0.4, 0.5) is 0 Å². The monoisotopic (exact) mass is 266 g/mol. The number of hydrogen-bond donors (Lipinski definition) is 2. The third-order valence-corrected chi connectivity index (χ3v) is 3.75. The van der Waals surface area contributed by atoms with E-state index in [4.69, 9.17) is 11.1 Å². The molecule has 0 amide bonds. The van der Waals surface area contributed by atoms with Crippen molar-refractivity contribution in [2.24, 2.45) is 5.73 Å². The van der Waals surface area contributed by atoms with Crippen molar-refractivity contribution < 1.29 is 0 Å². The molecule has 1 aromatic heterocycles. The number of benzene rings is 1. The summed E-state index contributed by atoms with van der Waals surface area (Å²) in [5.74, 6) is 0.0398. The molecule has 0 atom stereocenters. The first kappa shape index (κ1) is 12.8. The fourth-order valence-corrected chi connectivity index (χ4v) is 2.74. The summed E-state index contributed by atoms with van der Waals surface area (Å²) in [6.45, 7) is 2.77. The molecule has 0 aliphatic carbocycles. The van der Waals surface area contributed by atoms with E-state index in [0.717, 1.165) is 31.6 Å². The van der Waals surface area contributed by atoms with Crippen molar-refractivity contribution in [1.29, 1.82) is 5.41 Å². The zero-order valence-electron chi connectivity index (χ0n) is 11.3. The Morgan fingerprint density at radius 2 is 2.00 bits per heavy atom. The molecule has 0 bridgehead atoms. The molecule has 3 N–H and O–H groups in total. The zero-order valence-corrected chi connectivity index (χ0v) is 11.3. The van der Waals surface area contributed by atoms with Crippen molar-refractivity contribution in [2.45, 2.75) is 19.5 Å².